The fraction of sp³-hybridized carbons (Fsp3) is 0.353. The Morgan fingerprint density at radius 1 is 1.31 bits per heavy atom. The lowest BCUT2D eigenvalue weighted by Gasteiger charge is -2.13. The van der Waals surface area contributed by atoms with Gasteiger partial charge in [-0.3, -0.25) is 19.3 Å². The molecule has 152 valence electrons. The van der Waals surface area contributed by atoms with Crippen molar-refractivity contribution in [1.29, 1.82) is 0 Å². The molecule has 0 radical (unpaired) electrons. The third-order valence-corrected chi connectivity index (χ3v) is 3.99. The lowest BCUT2D eigenvalue weighted by molar-refractivity contribution is -0.119. The van der Waals surface area contributed by atoms with Crippen LogP contribution in [0, 0.1) is 5.82 Å². The summed E-state index contributed by atoms with van der Waals surface area (Å²) in [6, 6.07) is 3.92. The van der Waals surface area contributed by atoms with Crippen molar-refractivity contribution in [3.63, 3.8) is 0 Å². The minimum absolute atomic E-state index is 0.0296. The number of hydrogen-bond acceptors (Lipinski definition) is 8. The van der Waals surface area contributed by atoms with E-state index < -0.39 is 30.3 Å². The molecule has 0 unspecified atom stereocenters. The van der Waals surface area contributed by atoms with E-state index in [2.05, 4.69) is 20.7 Å². The maximum atomic E-state index is 14.6. The zero-order valence-corrected chi connectivity index (χ0v) is 15.6. The van der Waals surface area contributed by atoms with Crippen LogP contribution in [0.25, 0.3) is 11.4 Å². The Balaban J connectivity index is 1.75. The Morgan fingerprint density at radius 2 is 2.07 bits per heavy atom. The van der Waals surface area contributed by atoms with Crippen LogP contribution in [0.2, 0.25) is 0 Å². The van der Waals surface area contributed by atoms with Gasteiger partial charge in [0.25, 0.3) is 5.91 Å². The average Bonchev–Trinajstić information content (AvgIpc) is 3.26. The third-order valence-electron chi connectivity index (χ3n) is 3.99. The van der Waals surface area contributed by atoms with E-state index in [9.17, 15) is 23.6 Å². The van der Waals surface area contributed by atoms with Crippen molar-refractivity contribution >= 4 is 29.4 Å². The number of cyclic esters (lactones) is 1. The van der Waals surface area contributed by atoms with Crippen LogP contribution in [0.1, 0.15) is 25.1 Å². The summed E-state index contributed by atoms with van der Waals surface area (Å²) in [6.07, 6.45) is -1.61. The number of hydrogen-bond donors (Lipinski definition) is 1. The molecule has 1 atom stereocenters. The molecule has 0 bridgehead atoms. The van der Waals surface area contributed by atoms with Gasteiger partial charge in [0.05, 0.1) is 30.8 Å². The summed E-state index contributed by atoms with van der Waals surface area (Å²) < 4.78 is 19.7. The van der Waals surface area contributed by atoms with E-state index in [-0.39, 0.29) is 41.9 Å². The Kier molecular flexibility index (Phi) is 5.61. The Morgan fingerprint density at radius 3 is 2.72 bits per heavy atom. The third kappa shape index (κ3) is 4.59. The van der Waals surface area contributed by atoms with Crippen molar-refractivity contribution in [1.82, 2.24) is 25.5 Å². The van der Waals surface area contributed by atoms with Crippen LogP contribution < -0.4 is 10.2 Å². The smallest absolute Gasteiger partial charge is 0.414 e. The number of amides is 2. The standard InChI is InChI=1S/C17H17FN6O5/c1-9(25)5-15(27)24-21-16(20-22-24)13-4-3-11(6-14(13)18)23-8-12(29-17(23)28)7-19-10(2)26/h3-4,6,12H,5,7-8H2,1-2H3,(H,19,26)/t12-/m0/s1. The number of ether oxygens (including phenoxy) is 1. The molecule has 1 aliphatic heterocycles. The van der Waals surface area contributed by atoms with Crippen LogP contribution in [0.5, 0.6) is 0 Å². The predicted octanol–water partition coefficient (Wildman–Crippen LogP) is 0.560. The first-order chi connectivity index (χ1) is 13.7. The van der Waals surface area contributed by atoms with Crippen molar-refractivity contribution in [2.24, 2.45) is 0 Å². The van der Waals surface area contributed by atoms with Crippen LogP contribution in [-0.2, 0) is 14.3 Å². The van der Waals surface area contributed by atoms with Crippen molar-refractivity contribution in [3.05, 3.63) is 24.0 Å². The van der Waals surface area contributed by atoms with Crippen molar-refractivity contribution in [2.75, 3.05) is 18.0 Å². The van der Waals surface area contributed by atoms with Crippen molar-refractivity contribution in [2.45, 2.75) is 26.4 Å². The second-order valence-electron chi connectivity index (χ2n) is 6.39. The molecule has 11 nitrogen and oxygen atoms in total. The van der Waals surface area contributed by atoms with E-state index in [0.717, 1.165) is 6.07 Å². The van der Waals surface area contributed by atoms with Gasteiger partial charge in [-0.05, 0) is 30.3 Å². The zero-order chi connectivity index (χ0) is 21.1. The number of benzene rings is 1. The highest BCUT2D eigenvalue weighted by Crippen LogP contribution is 2.27. The molecule has 2 aromatic rings. The highest BCUT2D eigenvalue weighted by molar-refractivity contribution is 5.97. The molecular weight excluding hydrogens is 387 g/mol. The highest BCUT2D eigenvalue weighted by Gasteiger charge is 2.33. The molecule has 1 N–H and O–H groups in total. The largest absolute Gasteiger partial charge is 0.442 e. The first-order valence-corrected chi connectivity index (χ1v) is 8.59. The van der Waals surface area contributed by atoms with Crippen molar-refractivity contribution < 1.29 is 28.3 Å². The predicted molar refractivity (Wildman–Crippen MR) is 95.4 cm³/mol. The Hall–Kier alpha value is -3.70. The molecule has 0 aliphatic carbocycles. The highest BCUT2D eigenvalue weighted by atomic mass is 19.1. The molecule has 0 spiro atoms. The summed E-state index contributed by atoms with van der Waals surface area (Å²) in [5.74, 6) is -2.17. The van der Waals surface area contributed by atoms with Crippen LogP contribution in [0.4, 0.5) is 14.9 Å². The van der Waals surface area contributed by atoms with E-state index in [1.807, 2.05) is 0 Å². The summed E-state index contributed by atoms with van der Waals surface area (Å²) in [4.78, 5) is 47.7. The Labute approximate surface area is 163 Å². The number of aromatic nitrogens is 4. The Bertz CT molecular complexity index is 990. The van der Waals surface area contributed by atoms with Gasteiger partial charge in [-0.1, -0.05) is 4.80 Å². The monoisotopic (exact) mass is 404 g/mol. The molecule has 1 aromatic carbocycles. The van der Waals surface area contributed by atoms with E-state index >= 15 is 0 Å². The molecular formula is C17H17FN6O5. The quantitative estimate of drug-likeness (QED) is 0.690. The number of nitrogens with zero attached hydrogens (tertiary/aromatic N) is 5. The second-order valence-corrected chi connectivity index (χ2v) is 6.39. The SMILES string of the molecule is CC(=O)CC(=O)n1nnc(-c2ccc(N3C[C@H](CNC(C)=O)OC3=O)cc2F)n1. The molecule has 2 heterocycles. The van der Waals surface area contributed by atoms with Crippen LogP contribution >= 0.6 is 0 Å². The van der Waals surface area contributed by atoms with E-state index in [4.69, 9.17) is 4.74 Å². The number of anilines is 1. The van der Waals surface area contributed by atoms with Crippen molar-refractivity contribution in [3.8, 4) is 11.4 Å². The summed E-state index contributed by atoms with van der Waals surface area (Å²) in [5.41, 5.74) is 0.222. The van der Waals surface area contributed by atoms with E-state index in [1.165, 1.54) is 30.9 Å². The number of ketones is 1. The first kappa shape index (κ1) is 20.0. The van der Waals surface area contributed by atoms with Crippen LogP contribution in [0.3, 0.4) is 0 Å². The normalized spacial score (nSPS) is 15.9. The maximum absolute atomic E-state index is 14.6. The molecule has 29 heavy (non-hydrogen) atoms. The molecule has 2 amide bonds. The zero-order valence-electron chi connectivity index (χ0n) is 15.6. The van der Waals surface area contributed by atoms with Gasteiger partial charge < -0.3 is 10.1 Å². The lowest BCUT2D eigenvalue weighted by Crippen LogP contribution is -2.33. The van der Waals surface area contributed by atoms with Gasteiger partial charge in [0.1, 0.15) is 17.7 Å². The van der Waals surface area contributed by atoms with Gasteiger partial charge >= 0.3 is 6.09 Å². The number of carbonyl (C=O) groups is 4. The lowest BCUT2D eigenvalue weighted by atomic mass is 10.1. The number of carbonyl (C=O) groups excluding carboxylic acids is 4. The van der Waals surface area contributed by atoms with Gasteiger partial charge in [-0.25, -0.2) is 9.18 Å². The summed E-state index contributed by atoms with van der Waals surface area (Å²) >= 11 is 0. The minimum Gasteiger partial charge on any atom is -0.442 e. The fourth-order valence-electron chi connectivity index (χ4n) is 2.66. The molecule has 1 aromatic heterocycles. The fourth-order valence-corrected chi connectivity index (χ4v) is 2.66. The topological polar surface area (TPSA) is 136 Å². The average molecular weight is 404 g/mol. The number of nitrogens with one attached hydrogen (secondary N) is 1. The van der Waals surface area contributed by atoms with Crippen LogP contribution in [-0.4, -0.2) is 63.1 Å². The summed E-state index contributed by atoms with van der Waals surface area (Å²) in [7, 11) is 0. The van der Waals surface area contributed by atoms with E-state index in [1.54, 1.807) is 0 Å². The first-order valence-electron chi connectivity index (χ1n) is 8.59. The second kappa shape index (κ2) is 8.12. The van der Waals surface area contributed by atoms with Gasteiger partial charge in [0, 0.05) is 6.92 Å². The number of Topliss-reactive ketones (excluding diaryl/α,β-unsaturated/α-hetero) is 1. The summed E-state index contributed by atoms with van der Waals surface area (Å²) in [6.45, 7) is 2.89. The van der Waals surface area contributed by atoms with Gasteiger partial charge in [-0.2, -0.15) is 0 Å². The van der Waals surface area contributed by atoms with Crippen LogP contribution in [0.15, 0.2) is 18.2 Å². The van der Waals surface area contributed by atoms with Gasteiger partial charge in [0.2, 0.25) is 11.7 Å². The molecule has 12 heteroatoms. The number of tetrazole rings is 1. The van der Waals surface area contributed by atoms with Gasteiger partial charge in [0.15, 0.2) is 0 Å². The minimum atomic E-state index is -0.737. The molecule has 1 fully saturated rings. The molecule has 1 aliphatic rings. The van der Waals surface area contributed by atoms with Gasteiger partial charge in [-0.15, -0.1) is 10.2 Å². The molecule has 3 rings (SSSR count). The number of halogens is 1. The van der Waals surface area contributed by atoms with E-state index in [0.29, 0.717) is 4.80 Å². The maximum Gasteiger partial charge on any atom is 0.414 e. The summed E-state index contributed by atoms with van der Waals surface area (Å²) in [5, 5.41) is 13.5. The molecule has 1 saturated heterocycles. The molecule has 0 saturated carbocycles. The number of rotatable bonds is 6.